The van der Waals surface area contributed by atoms with Gasteiger partial charge in [-0.25, -0.2) is 0 Å². The van der Waals surface area contributed by atoms with Gasteiger partial charge in [0.15, 0.2) is 0 Å². The van der Waals surface area contributed by atoms with Crippen LogP contribution < -0.4 is 10.6 Å². The lowest BCUT2D eigenvalue weighted by molar-refractivity contribution is -0.117. The molecule has 1 saturated heterocycles. The van der Waals surface area contributed by atoms with Gasteiger partial charge in [-0.1, -0.05) is 12.2 Å². The molecule has 1 fully saturated rings. The van der Waals surface area contributed by atoms with Gasteiger partial charge in [-0.05, 0) is 0 Å². The first-order valence-corrected chi connectivity index (χ1v) is 7.50. The molecule has 0 aliphatic carbocycles. The van der Waals surface area contributed by atoms with Crippen molar-refractivity contribution in [3.05, 3.63) is 37.1 Å². The lowest BCUT2D eigenvalue weighted by Gasteiger charge is -2.27. The summed E-state index contributed by atoms with van der Waals surface area (Å²) in [5, 5.41) is 15.2. The van der Waals surface area contributed by atoms with Crippen molar-refractivity contribution in [1.82, 2.24) is 20.4 Å². The third-order valence-electron chi connectivity index (χ3n) is 3.33. The summed E-state index contributed by atoms with van der Waals surface area (Å²) < 4.78 is 0. The summed E-state index contributed by atoms with van der Waals surface area (Å²) in [7, 11) is 0. The largest absolute Gasteiger partial charge is 0.369 e. The fourth-order valence-corrected chi connectivity index (χ4v) is 2.19. The van der Waals surface area contributed by atoms with E-state index in [4.69, 9.17) is 5.26 Å². The standard InChI is InChI=1S/C16H25N5O/c1-3-8-21(9-4-2)14-15(13-17)16(22)19-7-12-20-10-5-18-6-11-20/h3-4,14,18H,1-2,5-12H2,(H,19,22)/b15-14-. The van der Waals surface area contributed by atoms with Crippen LogP contribution in [0.15, 0.2) is 37.1 Å². The zero-order chi connectivity index (χ0) is 16.2. The highest BCUT2D eigenvalue weighted by molar-refractivity contribution is 5.97. The molecule has 0 radical (unpaired) electrons. The molecule has 0 aromatic rings. The van der Waals surface area contributed by atoms with Crippen LogP contribution in [0.5, 0.6) is 0 Å². The van der Waals surface area contributed by atoms with Gasteiger partial charge in [0.05, 0.1) is 0 Å². The van der Waals surface area contributed by atoms with Crippen molar-refractivity contribution in [3.63, 3.8) is 0 Å². The third-order valence-corrected chi connectivity index (χ3v) is 3.33. The lowest BCUT2D eigenvalue weighted by atomic mass is 10.2. The maximum Gasteiger partial charge on any atom is 0.263 e. The first kappa shape index (κ1) is 18.0. The second-order valence-corrected chi connectivity index (χ2v) is 5.03. The van der Waals surface area contributed by atoms with E-state index in [9.17, 15) is 4.79 Å². The Bertz CT molecular complexity index is 436. The third kappa shape index (κ3) is 6.57. The van der Waals surface area contributed by atoms with Crippen molar-refractivity contribution in [2.45, 2.75) is 0 Å². The van der Waals surface area contributed by atoms with E-state index in [-0.39, 0.29) is 11.5 Å². The molecule has 1 rings (SSSR count). The minimum Gasteiger partial charge on any atom is -0.369 e. The summed E-state index contributed by atoms with van der Waals surface area (Å²) in [4.78, 5) is 16.1. The van der Waals surface area contributed by atoms with E-state index >= 15 is 0 Å². The summed E-state index contributed by atoms with van der Waals surface area (Å²) >= 11 is 0. The van der Waals surface area contributed by atoms with Crippen LogP contribution in [0.4, 0.5) is 0 Å². The highest BCUT2D eigenvalue weighted by Crippen LogP contribution is 1.99. The number of piperazine rings is 1. The fraction of sp³-hybridized carbons (Fsp3) is 0.500. The van der Waals surface area contributed by atoms with E-state index in [1.54, 1.807) is 18.4 Å². The predicted octanol–water partition coefficient (Wildman–Crippen LogP) is 0.0893. The summed E-state index contributed by atoms with van der Waals surface area (Å²) in [5.41, 5.74) is 0.101. The summed E-state index contributed by atoms with van der Waals surface area (Å²) in [6.45, 7) is 13.7. The molecule has 0 aromatic heterocycles. The smallest absolute Gasteiger partial charge is 0.263 e. The molecule has 0 unspecified atom stereocenters. The topological polar surface area (TPSA) is 71.4 Å². The van der Waals surface area contributed by atoms with Gasteiger partial charge >= 0.3 is 0 Å². The Morgan fingerprint density at radius 2 is 1.95 bits per heavy atom. The van der Waals surface area contributed by atoms with Crippen LogP contribution in [-0.2, 0) is 4.79 Å². The Kier molecular flexibility index (Phi) is 8.65. The Labute approximate surface area is 132 Å². The van der Waals surface area contributed by atoms with E-state index in [0.29, 0.717) is 19.6 Å². The quantitative estimate of drug-likeness (QED) is 0.359. The van der Waals surface area contributed by atoms with Crippen LogP contribution in [-0.4, -0.2) is 68.1 Å². The molecule has 0 bridgehead atoms. The zero-order valence-electron chi connectivity index (χ0n) is 13.1. The molecule has 1 heterocycles. The van der Waals surface area contributed by atoms with E-state index in [2.05, 4.69) is 28.7 Å². The van der Waals surface area contributed by atoms with E-state index in [1.165, 1.54) is 0 Å². The van der Waals surface area contributed by atoms with Crippen molar-refractivity contribution in [2.24, 2.45) is 0 Å². The summed E-state index contributed by atoms with van der Waals surface area (Å²) in [6.07, 6.45) is 5.00. The molecule has 0 aromatic carbocycles. The monoisotopic (exact) mass is 303 g/mol. The second kappa shape index (κ2) is 10.6. The molecular weight excluding hydrogens is 278 g/mol. The molecule has 0 saturated carbocycles. The highest BCUT2D eigenvalue weighted by Gasteiger charge is 2.12. The van der Waals surface area contributed by atoms with Gasteiger partial charge < -0.3 is 15.5 Å². The average molecular weight is 303 g/mol. The lowest BCUT2D eigenvalue weighted by Crippen LogP contribution is -2.46. The predicted molar refractivity (Wildman–Crippen MR) is 88.0 cm³/mol. The molecule has 2 N–H and O–H groups in total. The summed E-state index contributed by atoms with van der Waals surface area (Å²) in [5.74, 6) is -0.337. The SMILES string of the molecule is C=CCN(/C=C(/C#N)C(=O)NCCN1CCNCC1)CC=C. The molecule has 1 amide bonds. The van der Waals surface area contributed by atoms with Crippen molar-refractivity contribution >= 4 is 5.91 Å². The highest BCUT2D eigenvalue weighted by atomic mass is 16.1. The van der Waals surface area contributed by atoms with Crippen molar-refractivity contribution in [3.8, 4) is 6.07 Å². The molecule has 0 spiro atoms. The molecular formula is C16H25N5O. The number of rotatable bonds is 9. The van der Waals surface area contributed by atoms with Crippen LogP contribution >= 0.6 is 0 Å². The number of nitrogens with zero attached hydrogens (tertiary/aromatic N) is 3. The molecule has 120 valence electrons. The number of carbonyl (C=O) groups is 1. The number of hydrogen-bond acceptors (Lipinski definition) is 5. The molecule has 1 aliphatic heterocycles. The molecule has 6 heteroatoms. The molecule has 1 aliphatic rings. The van der Waals surface area contributed by atoms with Crippen molar-refractivity contribution in [1.29, 1.82) is 5.26 Å². The van der Waals surface area contributed by atoms with E-state index in [1.807, 2.05) is 11.0 Å². The summed E-state index contributed by atoms with van der Waals surface area (Å²) in [6, 6.07) is 1.95. The van der Waals surface area contributed by atoms with Gasteiger partial charge in [-0.3, -0.25) is 9.69 Å². The van der Waals surface area contributed by atoms with E-state index in [0.717, 1.165) is 32.7 Å². The zero-order valence-corrected chi connectivity index (χ0v) is 13.1. The number of hydrogen-bond donors (Lipinski definition) is 2. The average Bonchev–Trinajstić information content (AvgIpc) is 2.53. The maximum atomic E-state index is 12.0. The fourth-order valence-electron chi connectivity index (χ4n) is 2.19. The second-order valence-electron chi connectivity index (χ2n) is 5.03. The van der Waals surface area contributed by atoms with Gasteiger partial charge in [0, 0.05) is 58.6 Å². The Balaban J connectivity index is 2.46. The van der Waals surface area contributed by atoms with Gasteiger partial charge in [-0.2, -0.15) is 5.26 Å². The van der Waals surface area contributed by atoms with Crippen LogP contribution in [0.1, 0.15) is 0 Å². The number of amides is 1. The molecule has 6 nitrogen and oxygen atoms in total. The number of nitrogens with one attached hydrogen (secondary N) is 2. The van der Waals surface area contributed by atoms with Gasteiger partial charge in [-0.15, -0.1) is 13.2 Å². The Morgan fingerprint density at radius 1 is 1.32 bits per heavy atom. The van der Waals surface area contributed by atoms with Gasteiger partial charge in [0.1, 0.15) is 11.6 Å². The van der Waals surface area contributed by atoms with Crippen LogP contribution in [0, 0.1) is 11.3 Å². The van der Waals surface area contributed by atoms with Crippen LogP contribution in [0.25, 0.3) is 0 Å². The van der Waals surface area contributed by atoms with Gasteiger partial charge in [0.2, 0.25) is 0 Å². The normalized spacial score (nSPS) is 15.7. The van der Waals surface area contributed by atoms with E-state index < -0.39 is 0 Å². The maximum absolute atomic E-state index is 12.0. The van der Waals surface area contributed by atoms with Crippen LogP contribution in [0.2, 0.25) is 0 Å². The Morgan fingerprint density at radius 3 is 2.50 bits per heavy atom. The van der Waals surface area contributed by atoms with Crippen LogP contribution in [0.3, 0.4) is 0 Å². The minimum absolute atomic E-state index is 0.101. The van der Waals surface area contributed by atoms with Gasteiger partial charge in [0.25, 0.3) is 5.91 Å². The minimum atomic E-state index is -0.337. The first-order chi connectivity index (χ1) is 10.7. The van der Waals surface area contributed by atoms with Crippen molar-refractivity contribution in [2.75, 3.05) is 52.4 Å². The number of nitriles is 1. The molecule has 0 atom stereocenters. The molecule has 22 heavy (non-hydrogen) atoms. The Hall–Kier alpha value is -2.10. The van der Waals surface area contributed by atoms with Crippen molar-refractivity contribution < 1.29 is 4.79 Å². The first-order valence-electron chi connectivity index (χ1n) is 7.50. The number of carbonyl (C=O) groups excluding carboxylic acids is 1.